The zero-order valence-corrected chi connectivity index (χ0v) is 8.81. The lowest BCUT2D eigenvalue weighted by Gasteiger charge is -2.13. The quantitative estimate of drug-likeness (QED) is 0.765. The molecule has 1 nitrogen and oxygen atoms in total. The summed E-state index contributed by atoms with van der Waals surface area (Å²) < 4.78 is 13.1. The molecule has 0 aliphatic heterocycles. The Labute approximate surface area is 88.4 Å². The van der Waals surface area contributed by atoms with Crippen molar-refractivity contribution in [2.24, 2.45) is 5.73 Å². The molecule has 0 aliphatic carbocycles. The Kier molecular flexibility index (Phi) is 3.67. The maximum atomic E-state index is 13.1. The Bertz CT molecular complexity index is 349. The molecule has 0 aromatic heterocycles. The zero-order chi connectivity index (χ0) is 10.7. The largest absolute Gasteiger partial charge is 0.324 e. The average molecular weight is 214 g/mol. The molecule has 0 bridgehead atoms. The van der Waals surface area contributed by atoms with Crippen molar-refractivity contribution in [1.29, 1.82) is 0 Å². The second kappa shape index (κ2) is 4.58. The minimum Gasteiger partial charge on any atom is -0.324 e. The molecule has 0 amide bonds. The molecule has 0 saturated carbocycles. The van der Waals surface area contributed by atoms with E-state index in [1.165, 1.54) is 6.07 Å². The number of hydrogen-bond acceptors (Lipinski definition) is 1. The van der Waals surface area contributed by atoms with Crippen LogP contribution in [0.15, 0.2) is 30.4 Å². The van der Waals surface area contributed by atoms with E-state index in [0.29, 0.717) is 12.0 Å². The number of nitrogens with two attached hydrogens (primary N) is 1. The molecule has 3 heteroatoms. The fourth-order valence-corrected chi connectivity index (χ4v) is 1.56. The van der Waals surface area contributed by atoms with Crippen molar-refractivity contribution in [2.45, 2.75) is 19.4 Å². The first-order valence-electron chi connectivity index (χ1n) is 4.36. The highest BCUT2D eigenvalue weighted by Gasteiger charge is 2.12. The maximum Gasteiger partial charge on any atom is 0.142 e. The summed E-state index contributed by atoms with van der Waals surface area (Å²) in [6.45, 7) is 5.64. The fourth-order valence-electron chi connectivity index (χ4n) is 1.29. The monoisotopic (exact) mass is 213 g/mol. The molecule has 1 rings (SSSR count). The fraction of sp³-hybridized carbons (Fsp3) is 0.273. The molecule has 0 spiro atoms. The van der Waals surface area contributed by atoms with Crippen LogP contribution in [-0.2, 0) is 0 Å². The van der Waals surface area contributed by atoms with Crippen LogP contribution in [0.3, 0.4) is 0 Å². The minimum atomic E-state index is -0.429. The molecule has 1 aromatic rings. The normalized spacial score (nSPS) is 12.6. The molecular weight excluding hydrogens is 201 g/mol. The predicted octanol–water partition coefficient (Wildman–Crippen LogP) is 3.45. The van der Waals surface area contributed by atoms with Crippen LogP contribution in [0.2, 0.25) is 5.02 Å². The average Bonchev–Trinajstić information content (AvgIpc) is 2.08. The van der Waals surface area contributed by atoms with Gasteiger partial charge in [0.05, 0.1) is 5.02 Å². The third kappa shape index (κ3) is 2.56. The lowest BCUT2D eigenvalue weighted by molar-refractivity contribution is 0.619. The number of halogens is 2. The second-order valence-corrected chi connectivity index (χ2v) is 3.79. The van der Waals surface area contributed by atoms with Gasteiger partial charge in [0.1, 0.15) is 5.82 Å². The topological polar surface area (TPSA) is 26.0 Å². The van der Waals surface area contributed by atoms with Gasteiger partial charge >= 0.3 is 0 Å². The Morgan fingerprint density at radius 2 is 2.29 bits per heavy atom. The van der Waals surface area contributed by atoms with Gasteiger partial charge in [-0.1, -0.05) is 29.3 Å². The highest BCUT2D eigenvalue weighted by Crippen LogP contribution is 2.27. The van der Waals surface area contributed by atoms with E-state index in [-0.39, 0.29) is 11.1 Å². The van der Waals surface area contributed by atoms with Gasteiger partial charge in [-0.05, 0) is 25.0 Å². The van der Waals surface area contributed by atoms with Gasteiger partial charge in [-0.2, -0.15) is 0 Å². The maximum absolute atomic E-state index is 13.1. The molecule has 0 aliphatic rings. The van der Waals surface area contributed by atoms with Crippen LogP contribution in [0.5, 0.6) is 0 Å². The molecule has 0 heterocycles. The third-order valence-corrected chi connectivity index (χ3v) is 2.35. The predicted molar refractivity (Wildman–Crippen MR) is 57.8 cm³/mol. The van der Waals surface area contributed by atoms with Gasteiger partial charge in [0, 0.05) is 6.04 Å². The first kappa shape index (κ1) is 11.2. The van der Waals surface area contributed by atoms with Gasteiger partial charge in [0.25, 0.3) is 0 Å². The van der Waals surface area contributed by atoms with Gasteiger partial charge < -0.3 is 5.73 Å². The van der Waals surface area contributed by atoms with Crippen LogP contribution in [-0.4, -0.2) is 0 Å². The van der Waals surface area contributed by atoms with Crippen LogP contribution in [0, 0.1) is 5.82 Å². The second-order valence-electron chi connectivity index (χ2n) is 3.41. The van der Waals surface area contributed by atoms with Gasteiger partial charge in [0.15, 0.2) is 0 Å². The molecule has 14 heavy (non-hydrogen) atoms. The third-order valence-electron chi connectivity index (χ3n) is 1.95. The van der Waals surface area contributed by atoms with Crippen molar-refractivity contribution >= 4 is 11.6 Å². The SMILES string of the molecule is C=C(C)C[C@@H](N)c1cccc(F)c1Cl. The Balaban J connectivity index is 2.95. The van der Waals surface area contributed by atoms with Gasteiger partial charge in [-0.25, -0.2) is 4.39 Å². The van der Waals surface area contributed by atoms with Crippen molar-refractivity contribution in [3.05, 3.63) is 46.8 Å². The summed E-state index contributed by atoms with van der Waals surface area (Å²) in [4.78, 5) is 0. The summed E-state index contributed by atoms with van der Waals surface area (Å²) in [5.74, 6) is -0.429. The smallest absolute Gasteiger partial charge is 0.142 e. The Hall–Kier alpha value is -0.860. The van der Waals surface area contributed by atoms with Crippen LogP contribution in [0.25, 0.3) is 0 Å². The summed E-state index contributed by atoms with van der Waals surface area (Å²) in [6, 6.07) is 4.38. The van der Waals surface area contributed by atoms with Gasteiger partial charge in [-0.3, -0.25) is 0 Å². The van der Waals surface area contributed by atoms with Crippen LogP contribution >= 0.6 is 11.6 Å². The van der Waals surface area contributed by atoms with Gasteiger partial charge in [0.2, 0.25) is 0 Å². The van der Waals surface area contributed by atoms with E-state index in [1.54, 1.807) is 12.1 Å². The molecule has 1 atom stereocenters. The lowest BCUT2D eigenvalue weighted by Crippen LogP contribution is -2.11. The highest BCUT2D eigenvalue weighted by molar-refractivity contribution is 6.31. The van der Waals surface area contributed by atoms with Crippen LogP contribution in [0.4, 0.5) is 4.39 Å². The highest BCUT2D eigenvalue weighted by atomic mass is 35.5. The molecule has 0 saturated heterocycles. The molecule has 2 N–H and O–H groups in total. The number of hydrogen-bond donors (Lipinski definition) is 1. The molecule has 76 valence electrons. The molecular formula is C11H13ClFN. The molecule has 1 aromatic carbocycles. The Morgan fingerprint density at radius 3 is 2.86 bits per heavy atom. The van der Waals surface area contributed by atoms with Crippen LogP contribution in [0.1, 0.15) is 24.9 Å². The van der Waals surface area contributed by atoms with E-state index in [2.05, 4.69) is 6.58 Å². The summed E-state index contributed by atoms with van der Waals surface area (Å²) in [7, 11) is 0. The van der Waals surface area contributed by atoms with Crippen molar-refractivity contribution in [2.75, 3.05) is 0 Å². The summed E-state index contributed by atoms with van der Waals surface area (Å²) >= 11 is 5.79. The van der Waals surface area contributed by atoms with E-state index in [0.717, 1.165) is 5.57 Å². The standard InChI is InChI=1S/C11H13ClFN/c1-7(2)6-10(14)8-4-3-5-9(13)11(8)12/h3-5,10H,1,6,14H2,2H3/t10-/m1/s1. The molecule has 0 fully saturated rings. The summed E-state index contributed by atoms with van der Waals surface area (Å²) in [5.41, 5.74) is 7.44. The first-order valence-corrected chi connectivity index (χ1v) is 4.74. The van der Waals surface area contributed by atoms with E-state index in [1.807, 2.05) is 6.92 Å². The molecule has 0 unspecified atom stereocenters. The number of rotatable bonds is 3. The van der Waals surface area contributed by atoms with Crippen molar-refractivity contribution in [1.82, 2.24) is 0 Å². The Morgan fingerprint density at radius 1 is 1.64 bits per heavy atom. The zero-order valence-electron chi connectivity index (χ0n) is 8.06. The van der Waals surface area contributed by atoms with Crippen molar-refractivity contribution < 1.29 is 4.39 Å². The van der Waals surface area contributed by atoms with E-state index < -0.39 is 5.82 Å². The molecule has 0 radical (unpaired) electrons. The van der Waals surface area contributed by atoms with Crippen molar-refractivity contribution in [3.63, 3.8) is 0 Å². The summed E-state index contributed by atoms with van der Waals surface area (Å²) in [5, 5.41) is 0.112. The van der Waals surface area contributed by atoms with Crippen molar-refractivity contribution in [3.8, 4) is 0 Å². The number of benzene rings is 1. The van der Waals surface area contributed by atoms with E-state index in [4.69, 9.17) is 17.3 Å². The van der Waals surface area contributed by atoms with Gasteiger partial charge in [-0.15, -0.1) is 6.58 Å². The minimum absolute atomic E-state index is 0.112. The van der Waals surface area contributed by atoms with Crippen LogP contribution < -0.4 is 5.73 Å². The summed E-state index contributed by atoms with van der Waals surface area (Å²) in [6.07, 6.45) is 0.614. The van der Waals surface area contributed by atoms with E-state index >= 15 is 0 Å². The van der Waals surface area contributed by atoms with E-state index in [9.17, 15) is 4.39 Å². The lowest BCUT2D eigenvalue weighted by atomic mass is 10.0. The first-order chi connectivity index (χ1) is 6.52.